The lowest BCUT2D eigenvalue weighted by molar-refractivity contribution is -0.144. The number of rotatable bonds is 4. The van der Waals surface area contributed by atoms with E-state index in [-0.39, 0.29) is 19.0 Å². The van der Waals surface area contributed by atoms with E-state index in [1.165, 1.54) is 4.80 Å². The third-order valence-electron chi connectivity index (χ3n) is 2.24. The molecule has 0 aliphatic carbocycles. The van der Waals surface area contributed by atoms with Crippen molar-refractivity contribution in [3.05, 3.63) is 35.7 Å². The molecule has 0 bridgehead atoms. The number of carbonyl (C=O) groups excluding carboxylic acids is 1. The molecular formula is C11H13N5O2. The molecule has 2 aromatic rings. The summed E-state index contributed by atoms with van der Waals surface area (Å²) < 4.78 is 5.03. The monoisotopic (exact) mass is 247 g/mol. The molecule has 0 saturated carbocycles. The molecule has 0 atom stereocenters. The molecule has 94 valence electrons. The maximum Gasteiger partial charge on any atom is 0.310 e. The molecule has 0 fully saturated rings. The number of nitrogens with two attached hydrogens (primary N) is 1. The summed E-state index contributed by atoms with van der Waals surface area (Å²) in [5.74, 6) is 0.0374. The second-order valence-corrected chi connectivity index (χ2v) is 3.77. The molecule has 0 aliphatic rings. The number of nitrogen functional groups attached to an aromatic ring is 1. The minimum atomic E-state index is -0.341. The molecule has 0 unspecified atom stereocenters. The molecule has 2 N–H and O–H groups in total. The standard InChI is InChI=1S/C11H13N5O2/c1-16-14-10(13-15-16)7-18-11(17)6-8-2-4-9(12)5-3-8/h2-5H,6-7,12H2,1H3. The van der Waals surface area contributed by atoms with Crippen LogP contribution in [-0.2, 0) is 29.6 Å². The average Bonchev–Trinajstić information content (AvgIpc) is 2.76. The van der Waals surface area contributed by atoms with Crippen molar-refractivity contribution in [3.8, 4) is 0 Å². The number of esters is 1. The summed E-state index contributed by atoms with van der Waals surface area (Å²) in [5.41, 5.74) is 7.06. The van der Waals surface area contributed by atoms with Crippen molar-refractivity contribution in [2.24, 2.45) is 7.05 Å². The summed E-state index contributed by atoms with van der Waals surface area (Å²) in [6.45, 7) is 0.0294. The molecule has 0 spiro atoms. The van der Waals surface area contributed by atoms with E-state index in [2.05, 4.69) is 15.4 Å². The SMILES string of the molecule is Cn1nnc(COC(=O)Cc2ccc(N)cc2)n1. The number of aromatic nitrogens is 4. The van der Waals surface area contributed by atoms with Crippen molar-refractivity contribution < 1.29 is 9.53 Å². The Morgan fingerprint density at radius 2 is 2.11 bits per heavy atom. The lowest BCUT2D eigenvalue weighted by Crippen LogP contribution is -2.09. The summed E-state index contributed by atoms with van der Waals surface area (Å²) in [4.78, 5) is 12.8. The van der Waals surface area contributed by atoms with Crippen molar-refractivity contribution in [2.45, 2.75) is 13.0 Å². The van der Waals surface area contributed by atoms with Crippen molar-refractivity contribution in [1.82, 2.24) is 20.2 Å². The molecule has 7 nitrogen and oxygen atoms in total. The van der Waals surface area contributed by atoms with Gasteiger partial charge in [0.1, 0.15) is 0 Å². The first-order valence-corrected chi connectivity index (χ1v) is 5.36. The van der Waals surface area contributed by atoms with Crippen LogP contribution in [0.15, 0.2) is 24.3 Å². The minimum absolute atomic E-state index is 0.0294. The van der Waals surface area contributed by atoms with Gasteiger partial charge in [-0.2, -0.15) is 4.80 Å². The van der Waals surface area contributed by atoms with E-state index >= 15 is 0 Å². The number of aryl methyl sites for hydroxylation is 1. The van der Waals surface area contributed by atoms with Gasteiger partial charge in [0.15, 0.2) is 6.61 Å². The summed E-state index contributed by atoms with van der Waals surface area (Å²) in [7, 11) is 1.65. The predicted molar refractivity (Wildman–Crippen MR) is 63.2 cm³/mol. The summed E-state index contributed by atoms with van der Waals surface area (Å²) >= 11 is 0. The number of hydrogen-bond donors (Lipinski definition) is 1. The van der Waals surface area contributed by atoms with Crippen molar-refractivity contribution in [3.63, 3.8) is 0 Å². The topological polar surface area (TPSA) is 95.9 Å². The third-order valence-corrected chi connectivity index (χ3v) is 2.24. The zero-order valence-corrected chi connectivity index (χ0v) is 9.91. The lowest BCUT2D eigenvalue weighted by Gasteiger charge is -2.02. The molecule has 0 amide bonds. The van der Waals surface area contributed by atoms with Gasteiger partial charge in [-0.25, -0.2) is 0 Å². The van der Waals surface area contributed by atoms with Gasteiger partial charge in [-0.05, 0) is 22.9 Å². The Hall–Kier alpha value is -2.44. The highest BCUT2D eigenvalue weighted by molar-refractivity contribution is 5.72. The van der Waals surface area contributed by atoms with Crippen molar-refractivity contribution in [1.29, 1.82) is 0 Å². The Labute approximate surface area is 104 Å². The highest BCUT2D eigenvalue weighted by Crippen LogP contribution is 2.07. The second kappa shape index (κ2) is 5.26. The van der Waals surface area contributed by atoms with Gasteiger partial charge in [-0.1, -0.05) is 12.1 Å². The maximum absolute atomic E-state index is 11.5. The van der Waals surface area contributed by atoms with Gasteiger partial charge in [0.05, 0.1) is 13.5 Å². The van der Waals surface area contributed by atoms with Gasteiger partial charge in [0.2, 0.25) is 5.82 Å². The molecule has 2 rings (SSSR count). The molecule has 7 heteroatoms. The quantitative estimate of drug-likeness (QED) is 0.607. The number of tetrazole rings is 1. The smallest absolute Gasteiger partial charge is 0.310 e. The number of ether oxygens (including phenoxy) is 1. The summed E-state index contributed by atoms with van der Waals surface area (Å²) in [6.07, 6.45) is 0.195. The van der Waals surface area contributed by atoms with Crippen molar-refractivity contribution in [2.75, 3.05) is 5.73 Å². The van der Waals surface area contributed by atoms with Gasteiger partial charge in [0, 0.05) is 5.69 Å². The Balaban J connectivity index is 1.83. The van der Waals surface area contributed by atoms with Crippen LogP contribution in [0.5, 0.6) is 0 Å². The van der Waals surface area contributed by atoms with Gasteiger partial charge < -0.3 is 10.5 Å². The van der Waals surface area contributed by atoms with E-state index in [1.807, 2.05) is 0 Å². The van der Waals surface area contributed by atoms with Crippen molar-refractivity contribution >= 4 is 11.7 Å². The number of benzene rings is 1. The molecule has 0 aliphatic heterocycles. The number of anilines is 1. The number of carbonyl (C=O) groups is 1. The van der Waals surface area contributed by atoms with E-state index in [0.717, 1.165) is 5.56 Å². The van der Waals surface area contributed by atoms with Gasteiger partial charge >= 0.3 is 5.97 Å². The maximum atomic E-state index is 11.5. The van der Waals surface area contributed by atoms with E-state index in [1.54, 1.807) is 31.3 Å². The highest BCUT2D eigenvalue weighted by atomic mass is 16.5. The second-order valence-electron chi connectivity index (χ2n) is 3.77. The van der Waals surface area contributed by atoms with Crippen LogP contribution in [0.1, 0.15) is 11.4 Å². The number of nitrogens with zero attached hydrogens (tertiary/aromatic N) is 4. The van der Waals surface area contributed by atoms with Gasteiger partial charge in [-0.3, -0.25) is 4.79 Å². The number of hydrogen-bond acceptors (Lipinski definition) is 6. The van der Waals surface area contributed by atoms with Crippen LogP contribution in [0.4, 0.5) is 5.69 Å². The Kier molecular flexibility index (Phi) is 3.52. The predicted octanol–water partition coefficient (Wildman–Crippen LogP) is 0.0782. The molecule has 1 aromatic carbocycles. The Morgan fingerprint density at radius 1 is 1.39 bits per heavy atom. The van der Waals surface area contributed by atoms with E-state index in [4.69, 9.17) is 10.5 Å². The Morgan fingerprint density at radius 3 is 2.72 bits per heavy atom. The summed E-state index contributed by atoms with van der Waals surface area (Å²) in [6, 6.07) is 7.06. The fourth-order valence-corrected chi connectivity index (χ4v) is 1.38. The molecule has 0 saturated heterocycles. The van der Waals surface area contributed by atoms with Gasteiger partial charge in [0.25, 0.3) is 0 Å². The fraction of sp³-hybridized carbons (Fsp3) is 0.273. The molecule has 18 heavy (non-hydrogen) atoms. The first kappa shape index (κ1) is 12.0. The lowest BCUT2D eigenvalue weighted by atomic mass is 10.1. The van der Waals surface area contributed by atoms with Crippen LogP contribution in [0.25, 0.3) is 0 Å². The van der Waals surface area contributed by atoms with Crippen LogP contribution in [-0.4, -0.2) is 26.2 Å². The largest absolute Gasteiger partial charge is 0.457 e. The molecular weight excluding hydrogens is 234 g/mol. The normalized spacial score (nSPS) is 10.3. The first-order valence-electron chi connectivity index (χ1n) is 5.36. The molecule has 1 heterocycles. The van der Waals surface area contributed by atoms with Crippen LogP contribution >= 0.6 is 0 Å². The fourth-order valence-electron chi connectivity index (χ4n) is 1.38. The zero-order chi connectivity index (χ0) is 13.0. The van der Waals surface area contributed by atoms with Crippen LogP contribution in [0.3, 0.4) is 0 Å². The van der Waals surface area contributed by atoms with Crippen LogP contribution < -0.4 is 5.73 Å². The van der Waals surface area contributed by atoms with E-state index in [0.29, 0.717) is 11.5 Å². The summed E-state index contributed by atoms with van der Waals surface area (Å²) in [5, 5.41) is 11.3. The van der Waals surface area contributed by atoms with Crippen LogP contribution in [0.2, 0.25) is 0 Å². The van der Waals surface area contributed by atoms with Gasteiger partial charge in [-0.15, -0.1) is 10.2 Å². The van der Waals surface area contributed by atoms with Crippen LogP contribution in [0, 0.1) is 0 Å². The molecule has 0 radical (unpaired) electrons. The first-order chi connectivity index (χ1) is 8.63. The molecule has 1 aromatic heterocycles. The Bertz CT molecular complexity index is 535. The van der Waals surface area contributed by atoms with E-state index < -0.39 is 0 Å². The van der Waals surface area contributed by atoms with E-state index in [9.17, 15) is 4.79 Å². The highest BCUT2D eigenvalue weighted by Gasteiger charge is 2.07. The third kappa shape index (κ3) is 3.27. The minimum Gasteiger partial charge on any atom is -0.457 e. The zero-order valence-electron chi connectivity index (χ0n) is 9.91. The average molecular weight is 247 g/mol.